The Bertz CT molecular complexity index is 329. The zero-order valence-corrected chi connectivity index (χ0v) is 11.8. The van der Waals surface area contributed by atoms with Crippen LogP contribution in [0.3, 0.4) is 0 Å². The fraction of sp³-hybridized carbons (Fsp3) is 0.500. The Morgan fingerprint density at radius 3 is 2.62 bits per heavy atom. The van der Waals surface area contributed by atoms with E-state index in [1.165, 1.54) is 0 Å². The summed E-state index contributed by atoms with van der Waals surface area (Å²) in [4.78, 5) is 0. The predicted molar refractivity (Wildman–Crippen MR) is 70.7 cm³/mol. The minimum Gasteiger partial charge on any atom is -0.490 e. The van der Waals surface area contributed by atoms with Crippen LogP contribution < -0.4 is 4.74 Å². The van der Waals surface area contributed by atoms with Crippen molar-refractivity contribution in [3.8, 4) is 5.75 Å². The van der Waals surface area contributed by atoms with Gasteiger partial charge >= 0.3 is 0 Å². The van der Waals surface area contributed by atoms with Crippen LogP contribution >= 0.6 is 27.5 Å². The number of rotatable bonds is 6. The van der Waals surface area contributed by atoms with Crippen molar-refractivity contribution >= 4 is 27.5 Å². The lowest BCUT2D eigenvalue weighted by Gasteiger charge is -2.10. The second-order valence-corrected chi connectivity index (χ2v) is 4.63. The Morgan fingerprint density at radius 1 is 1.31 bits per heavy atom. The molecule has 90 valence electrons. The number of benzene rings is 1. The Balaban J connectivity index is 2.42. The van der Waals surface area contributed by atoms with E-state index in [1.807, 2.05) is 32.0 Å². The lowest BCUT2D eigenvalue weighted by Crippen LogP contribution is -2.11. The molecule has 0 atom stereocenters. The summed E-state index contributed by atoms with van der Waals surface area (Å²) in [5.74, 6) is 0.707. The van der Waals surface area contributed by atoms with Crippen LogP contribution in [0.1, 0.15) is 19.4 Å². The molecule has 0 heterocycles. The minimum atomic E-state index is 0.231. The topological polar surface area (TPSA) is 18.5 Å². The van der Waals surface area contributed by atoms with E-state index in [-0.39, 0.29) is 6.10 Å². The van der Waals surface area contributed by atoms with Crippen molar-refractivity contribution in [2.75, 3.05) is 13.2 Å². The molecule has 0 bridgehead atoms. The van der Waals surface area contributed by atoms with Gasteiger partial charge in [0.25, 0.3) is 0 Å². The van der Waals surface area contributed by atoms with Gasteiger partial charge in [0.15, 0.2) is 0 Å². The van der Waals surface area contributed by atoms with Gasteiger partial charge in [0, 0.05) is 5.33 Å². The summed E-state index contributed by atoms with van der Waals surface area (Å²) in [6.45, 7) is 5.09. The molecule has 1 aromatic carbocycles. The molecule has 0 amide bonds. The average molecular weight is 308 g/mol. The molecule has 0 aliphatic carbocycles. The van der Waals surface area contributed by atoms with E-state index in [0.29, 0.717) is 24.0 Å². The van der Waals surface area contributed by atoms with Crippen molar-refractivity contribution < 1.29 is 9.47 Å². The second-order valence-electron chi connectivity index (χ2n) is 3.67. The molecule has 1 aromatic rings. The first-order chi connectivity index (χ1) is 7.63. The third kappa shape index (κ3) is 4.73. The molecule has 0 fully saturated rings. The Kier molecular flexibility index (Phi) is 6.17. The second kappa shape index (κ2) is 7.15. The van der Waals surface area contributed by atoms with Gasteiger partial charge in [-0.3, -0.25) is 0 Å². The van der Waals surface area contributed by atoms with E-state index in [4.69, 9.17) is 21.1 Å². The van der Waals surface area contributed by atoms with Crippen molar-refractivity contribution in [2.24, 2.45) is 0 Å². The molecule has 4 heteroatoms. The number of halogens is 2. The largest absolute Gasteiger partial charge is 0.490 e. The molecular formula is C12H16BrClO2. The molecule has 0 radical (unpaired) electrons. The van der Waals surface area contributed by atoms with Crippen LogP contribution in [0.15, 0.2) is 18.2 Å². The smallest absolute Gasteiger partial charge is 0.138 e. The summed E-state index contributed by atoms with van der Waals surface area (Å²) in [6, 6.07) is 5.77. The van der Waals surface area contributed by atoms with Crippen LogP contribution in [0.25, 0.3) is 0 Å². The molecule has 0 N–H and O–H groups in total. The molecule has 2 nitrogen and oxygen atoms in total. The van der Waals surface area contributed by atoms with E-state index < -0.39 is 0 Å². The van der Waals surface area contributed by atoms with Crippen molar-refractivity contribution in [2.45, 2.75) is 25.3 Å². The van der Waals surface area contributed by atoms with Crippen LogP contribution in [0, 0.1) is 0 Å². The zero-order chi connectivity index (χ0) is 12.0. The fourth-order valence-electron chi connectivity index (χ4n) is 1.18. The first-order valence-corrected chi connectivity index (χ1v) is 6.72. The summed E-state index contributed by atoms with van der Waals surface area (Å²) in [5, 5.41) is 1.44. The first-order valence-electron chi connectivity index (χ1n) is 5.22. The van der Waals surface area contributed by atoms with Gasteiger partial charge in [0.05, 0.1) is 17.7 Å². The van der Waals surface area contributed by atoms with E-state index in [0.717, 1.165) is 10.9 Å². The average Bonchev–Trinajstić information content (AvgIpc) is 2.25. The number of hydrogen-bond acceptors (Lipinski definition) is 2. The summed E-state index contributed by atoms with van der Waals surface area (Å²) < 4.78 is 10.9. The van der Waals surface area contributed by atoms with Gasteiger partial charge in [0.1, 0.15) is 12.4 Å². The minimum absolute atomic E-state index is 0.231. The normalized spacial score (nSPS) is 10.8. The van der Waals surface area contributed by atoms with Gasteiger partial charge in [-0.1, -0.05) is 33.6 Å². The van der Waals surface area contributed by atoms with Gasteiger partial charge in [-0.05, 0) is 31.5 Å². The molecule has 0 spiro atoms. The summed E-state index contributed by atoms with van der Waals surface area (Å²) in [7, 11) is 0. The van der Waals surface area contributed by atoms with E-state index in [9.17, 15) is 0 Å². The van der Waals surface area contributed by atoms with Crippen molar-refractivity contribution in [1.29, 1.82) is 0 Å². The molecule has 0 aliphatic heterocycles. The lowest BCUT2D eigenvalue weighted by molar-refractivity contribution is 0.0553. The van der Waals surface area contributed by atoms with Gasteiger partial charge in [-0.25, -0.2) is 0 Å². The zero-order valence-electron chi connectivity index (χ0n) is 9.50. The Morgan fingerprint density at radius 2 is 2.06 bits per heavy atom. The first kappa shape index (κ1) is 13.8. The van der Waals surface area contributed by atoms with Crippen LogP contribution in [-0.2, 0) is 10.1 Å². The number of hydrogen-bond donors (Lipinski definition) is 0. The highest BCUT2D eigenvalue weighted by Gasteiger charge is 2.02. The van der Waals surface area contributed by atoms with Crippen molar-refractivity contribution in [3.63, 3.8) is 0 Å². The molecule has 1 rings (SSSR count). The van der Waals surface area contributed by atoms with Crippen LogP contribution in [0.5, 0.6) is 5.75 Å². The van der Waals surface area contributed by atoms with Crippen LogP contribution in [0.2, 0.25) is 5.02 Å². The maximum atomic E-state index is 6.06. The summed E-state index contributed by atoms with van der Waals surface area (Å²) in [5.41, 5.74) is 1.13. The molecule has 0 aromatic heterocycles. The molecule has 16 heavy (non-hydrogen) atoms. The number of alkyl halides is 1. The standard InChI is InChI=1S/C12H16BrClO2/c1-9(2)15-5-6-16-12-4-3-10(8-13)7-11(12)14/h3-4,7,9H,5-6,8H2,1-2H3. The predicted octanol–water partition coefficient (Wildman–Crippen LogP) is 4.04. The quantitative estimate of drug-likeness (QED) is 0.583. The van der Waals surface area contributed by atoms with Gasteiger partial charge in [-0.15, -0.1) is 0 Å². The van der Waals surface area contributed by atoms with Crippen molar-refractivity contribution in [3.05, 3.63) is 28.8 Å². The molecule has 0 aliphatic rings. The Labute approximate surface area is 110 Å². The summed E-state index contributed by atoms with van der Waals surface area (Å²) in [6.07, 6.45) is 0.231. The van der Waals surface area contributed by atoms with E-state index in [1.54, 1.807) is 0 Å². The van der Waals surface area contributed by atoms with Gasteiger partial charge in [0.2, 0.25) is 0 Å². The monoisotopic (exact) mass is 306 g/mol. The molecule has 0 saturated carbocycles. The Hall–Kier alpha value is -0.250. The maximum absolute atomic E-state index is 6.06. The molecule has 0 unspecified atom stereocenters. The third-order valence-electron chi connectivity index (χ3n) is 1.94. The highest BCUT2D eigenvalue weighted by Crippen LogP contribution is 2.26. The van der Waals surface area contributed by atoms with Crippen LogP contribution in [0.4, 0.5) is 0 Å². The van der Waals surface area contributed by atoms with Crippen LogP contribution in [-0.4, -0.2) is 19.3 Å². The highest BCUT2D eigenvalue weighted by atomic mass is 79.9. The fourth-order valence-corrected chi connectivity index (χ4v) is 1.79. The van der Waals surface area contributed by atoms with Crippen molar-refractivity contribution in [1.82, 2.24) is 0 Å². The van der Waals surface area contributed by atoms with E-state index >= 15 is 0 Å². The summed E-state index contributed by atoms with van der Waals surface area (Å²) >= 11 is 9.44. The van der Waals surface area contributed by atoms with E-state index in [2.05, 4.69) is 15.9 Å². The molecular weight excluding hydrogens is 291 g/mol. The maximum Gasteiger partial charge on any atom is 0.138 e. The lowest BCUT2D eigenvalue weighted by atomic mass is 10.2. The molecule has 0 saturated heterocycles. The third-order valence-corrected chi connectivity index (χ3v) is 2.89. The number of ether oxygens (including phenoxy) is 2. The highest BCUT2D eigenvalue weighted by molar-refractivity contribution is 9.08. The van der Waals surface area contributed by atoms with Gasteiger partial charge in [-0.2, -0.15) is 0 Å². The van der Waals surface area contributed by atoms with Gasteiger partial charge < -0.3 is 9.47 Å². The SMILES string of the molecule is CC(C)OCCOc1ccc(CBr)cc1Cl.